The number of anilines is 1. The van der Waals surface area contributed by atoms with E-state index in [9.17, 15) is 4.79 Å². The van der Waals surface area contributed by atoms with E-state index in [1.807, 2.05) is 30.3 Å². The summed E-state index contributed by atoms with van der Waals surface area (Å²) in [5, 5.41) is 0.929. The van der Waals surface area contributed by atoms with Crippen LogP contribution in [0.4, 0.5) is 5.13 Å². The molecule has 2 aromatic heterocycles. The Hall–Kier alpha value is -2.51. The van der Waals surface area contributed by atoms with Gasteiger partial charge in [0, 0.05) is 18.7 Å². The highest BCUT2D eigenvalue weighted by Gasteiger charge is 2.20. The number of hydrazine groups is 1. The van der Waals surface area contributed by atoms with Crippen molar-refractivity contribution in [1.29, 1.82) is 0 Å². The minimum absolute atomic E-state index is 0.321. The molecule has 3 N–H and O–H groups in total. The van der Waals surface area contributed by atoms with E-state index in [0.29, 0.717) is 11.2 Å². The molecule has 0 aliphatic carbocycles. The number of nitrogens with zero attached hydrogens (tertiary/aromatic N) is 3. The standard InChI is InChI=1S/C18H19N5OS/c19-22-17(24)13-11-14(12-7-3-1-4-8-12)20-16-15(13)25-18(21-16)23-9-5-2-6-10-23/h1,3-4,7-8,11H,2,5-6,9-10,19H2,(H,22,24). The molecule has 1 amide bonds. The van der Waals surface area contributed by atoms with Gasteiger partial charge in [-0.1, -0.05) is 41.7 Å². The molecule has 1 saturated heterocycles. The van der Waals surface area contributed by atoms with Gasteiger partial charge < -0.3 is 4.90 Å². The first-order chi connectivity index (χ1) is 12.3. The summed E-state index contributed by atoms with van der Waals surface area (Å²) >= 11 is 1.51. The van der Waals surface area contributed by atoms with Gasteiger partial charge in [0.05, 0.1) is 16.0 Å². The Morgan fingerprint density at radius 2 is 1.88 bits per heavy atom. The van der Waals surface area contributed by atoms with Crippen LogP contribution in [0.1, 0.15) is 29.6 Å². The van der Waals surface area contributed by atoms with Crippen LogP contribution in [0, 0.1) is 0 Å². The number of nitrogens with two attached hydrogens (primary N) is 1. The van der Waals surface area contributed by atoms with Crippen molar-refractivity contribution >= 4 is 32.7 Å². The summed E-state index contributed by atoms with van der Waals surface area (Å²) in [4.78, 5) is 24.0. The Morgan fingerprint density at radius 1 is 1.12 bits per heavy atom. The van der Waals surface area contributed by atoms with Crippen molar-refractivity contribution in [2.24, 2.45) is 5.84 Å². The highest BCUT2D eigenvalue weighted by Crippen LogP contribution is 2.34. The van der Waals surface area contributed by atoms with Crippen LogP contribution in [-0.2, 0) is 0 Å². The summed E-state index contributed by atoms with van der Waals surface area (Å²) in [6.45, 7) is 2.01. The summed E-state index contributed by atoms with van der Waals surface area (Å²) in [6.07, 6.45) is 3.61. The zero-order chi connectivity index (χ0) is 17.2. The van der Waals surface area contributed by atoms with Gasteiger partial charge in [0.1, 0.15) is 0 Å². The van der Waals surface area contributed by atoms with Gasteiger partial charge in [0.25, 0.3) is 5.91 Å². The second-order valence-electron chi connectivity index (χ2n) is 6.09. The number of carbonyl (C=O) groups is 1. The summed E-state index contributed by atoms with van der Waals surface area (Å²) < 4.78 is 0.781. The number of pyridine rings is 1. The van der Waals surface area contributed by atoms with Crippen LogP contribution in [0.5, 0.6) is 0 Å². The van der Waals surface area contributed by atoms with Gasteiger partial charge in [-0.25, -0.2) is 10.8 Å². The third kappa shape index (κ3) is 3.08. The molecule has 1 aliphatic rings. The fraction of sp³-hybridized carbons (Fsp3) is 0.278. The lowest BCUT2D eigenvalue weighted by Crippen LogP contribution is -2.30. The number of aromatic nitrogens is 2. The van der Waals surface area contributed by atoms with Crippen molar-refractivity contribution in [2.45, 2.75) is 19.3 Å². The molecule has 3 aromatic rings. The number of nitrogen functional groups attached to an aromatic ring is 1. The molecule has 1 aliphatic heterocycles. The molecule has 128 valence electrons. The summed E-state index contributed by atoms with van der Waals surface area (Å²) in [7, 11) is 0. The van der Waals surface area contributed by atoms with Crippen molar-refractivity contribution < 1.29 is 4.79 Å². The van der Waals surface area contributed by atoms with Crippen molar-refractivity contribution in [2.75, 3.05) is 18.0 Å². The lowest BCUT2D eigenvalue weighted by molar-refractivity contribution is 0.0955. The van der Waals surface area contributed by atoms with Crippen LogP contribution < -0.4 is 16.2 Å². The van der Waals surface area contributed by atoms with E-state index >= 15 is 0 Å². The first kappa shape index (κ1) is 16.0. The molecular weight excluding hydrogens is 334 g/mol. The SMILES string of the molecule is NNC(=O)c1cc(-c2ccccc2)nc2nc(N3CCCCC3)sc12. The number of rotatable bonds is 3. The molecule has 7 heteroatoms. The van der Waals surface area contributed by atoms with Crippen molar-refractivity contribution in [3.63, 3.8) is 0 Å². The van der Waals surface area contributed by atoms with Gasteiger partial charge in [-0.2, -0.15) is 4.98 Å². The molecule has 0 unspecified atom stereocenters. The molecule has 6 nitrogen and oxygen atoms in total. The molecule has 0 saturated carbocycles. The van der Waals surface area contributed by atoms with Crippen molar-refractivity contribution in [1.82, 2.24) is 15.4 Å². The minimum atomic E-state index is -0.321. The van der Waals surface area contributed by atoms with Crippen LogP contribution in [0.25, 0.3) is 21.6 Å². The molecule has 0 bridgehead atoms. The maximum atomic E-state index is 12.3. The zero-order valence-corrected chi connectivity index (χ0v) is 14.6. The van der Waals surface area contributed by atoms with E-state index in [-0.39, 0.29) is 5.91 Å². The molecule has 25 heavy (non-hydrogen) atoms. The lowest BCUT2D eigenvalue weighted by Gasteiger charge is -2.25. The predicted octanol–water partition coefficient (Wildman–Crippen LogP) is 2.95. The smallest absolute Gasteiger partial charge is 0.266 e. The second-order valence-corrected chi connectivity index (χ2v) is 7.07. The van der Waals surface area contributed by atoms with Crippen molar-refractivity contribution in [3.05, 3.63) is 42.0 Å². The molecule has 0 spiro atoms. The van der Waals surface area contributed by atoms with Gasteiger partial charge in [-0.3, -0.25) is 10.2 Å². The number of fused-ring (bicyclic) bond motifs is 1. The van der Waals surface area contributed by atoms with Crippen LogP contribution in [0.15, 0.2) is 36.4 Å². The first-order valence-corrected chi connectivity index (χ1v) is 9.21. The Bertz CT molecular complexity index is 902. The number of amides is 1. The summed E-state index contributed by atoms with van der Waals surface area (Å²) in [5.41, 5.74) is 5.03. The maximum absolute atomic E-state index is 12.3. The number of hydrogen-bond donors (Lipinski definition) is 2. The lowest BCUT2D eigenvalue weighted by atomic mass is 10.1. The average Bonchev–Trinajstić information content (AvgIpc) is 3.12. The molecule has 3 heterocycles. The van der Waals surface area contributed by atoms with Gasteiger partial charge in [-0.05, 0) is 25.3 Å². The minimum Gasteiger partial charge on any atom is -0.348 e. The Kier molecular flexibility index (Phi) is 4.33. The number of piperidine rings is 1. The topological polar surface area (TPSA) is 84.1 Å². The average molecular weight is 353 g/mol. The number of hydrogen-bond acceptors (Lipinski definition) is 6. The fourth-order valence-corrected chi connectivity index (χ4v) is 4.20. The third-order valence-electron chi connectivity index (χ3n) is 4.42. The van der Waals surface area contributed by atoms with E-state index in [1.165, 1.54) is 30.6 Å². The molecule has 0 radical (unpaired) electrons. The van der Waals surface area contributed by atoms with Gasteiger partial charge >= 0.3 is 0 Å². The van der Waals surface area contributed by atoms with Gasteiger partial charge in [0.15, 0.2) is 10.8 Å². The Labute approximate surface area is 149 Å². The van der Waals surface area contributed by atoms with E-state index < -0.39 is 0 Å². The number of carbonyl (C=O) groups excluding carboxylic acids is 1. The molecule has 0 atom stereocenters. The fourth-order valence-electron chi connectivity index (χ4n) is 3.12. The van der Waals surface area contributed by atoms with Crippen molar-refractivity contribution in [3.8, 4) is 11.3 Å². The van der Waals surface area contributed by atoms with Gasteiger partial charge in [-0.15, -0.1) is 0 Å². The van der Waals surface area contributed by atoms with E-state index in [4.69, 9.17) is 15.8 Å². The Balaban J connectivity index is 1.85. The predicted molar refractivity (Wildman–Crippen MR) is 101 cm³/mol. The normalized spacial score (nSPS) is 14.7. The second kappa shape index (κ2) is 6.78. The van der Waals surface area contributed by atoms with Gasteiger partial charge in [0.2, 0.25) is 0 Å². The summed E-state index contributed by atoms with van der Waals surface area (Å²) in [5.74, 6) is 5.07. The van der Waals surface area contributed by atoms with E-state index in [1.54, 1.807) is 6.07 Å². The third-order valence-corrected chi connectivity index (χ3v) is 5.56. The van der Waals surface area contributed by atoms with Crippen LogP contribution >= 0.6 is 11.3 Å². The van der Waals surface area contributed by atoms with Crippen LogP contribution in [0.3, 0.4) is 0 Å². The maximum Gasteiger partial charge on any atom is 0.266 e. The molecule has 4 rings (SSSR count). The van der Waals surface area contributed by atoms with Crippen LogP contribution in [0.2, 0.25) is 0 Å². The Morgan fingerprint density at radius 3 is 2.60 bits per heavy atom. The summed E-state index contributed by atoms with van der Waals surface area (Å²) in [6, 6.07) is 11.6. The monoisotopic (exact) mass is 353 g/mol. The number of thiazole rings is 1. The highest BCUT2D eigenvalue weighted by atomic mass is 32.1. The quantitative estimate of drug-likeness (QED) is 0.430. The van der Waals surface area contributed by atoms with E-state index in [0.717, 1.165) is 34.2 Å². The first-order valence-electron chi connectivity index (χ1n) is 8.39. The highest BCUT2D eigenvalue weighted by molar-refractivity contribution is 7.22. The van der Waals surface area contributed by atoms with Crippen LogP contribution in [-0.4, -0.2) is 29.0 Å². The largest absolute Gasteiger partial charge is 0.348 e. The molecule has 1 fully saturated rings. The number of benzene rings is 1. The molecule has 1 aromatic carbocycles. The zero-order valence-electron chi connectivity index (χ0n) is 13.7. The van der Waals surface area contributed by atoms with E-state index in [2.05, 4.69) is 10.3 Å². The molecular formula is C18H19N5OS. The number of nitrogens with one attached hydrogen (secondary N) is 1.